The predicted octanol–water partition coefficient (Wildman–Crippen LogP) is 4.06. The molecule has 0 amide bonds. The summed E-state index contributed by atoms with van der Waals surface area (Å²) in [7, 11) is 1.48. The molecule has 4 aromatic rings. The molecular weight excluding hydrogens is 459 g/mol. The number of aliphatic hydroxyl groups is 1. The maximum absolute atomic E-state index is 13.2. The van der Waals surface area contributed by atoms with Gasteiger partial charge in [0, 0.05) is 28.3 Å². The first-order chi connectivity index (χ1) is 15.5. The molecule has 0 spiro atoms. The number of aromatic nitrogens is 3. The van der Waals surface area contributed by atoms with E-state index in [1.807, 2.05) is 0 Å². The normalized spacial score (nSPS) is 13.6. The van der Waals surface area contributed by atoms with E-state index < -0.39 is 28.7 Å². The molecule has 1 atom stereocenters. The fourth-order valence-corrected chi connectivity index (χ4v) is 4.34. The first kappa shape index (κ1) is 22.6. The van der Waals surface area contributed by atoms with E-state index in [4.69, 9.17) is 4.74 Å². The van der Waals surface area contributed by atoms with Gasteiger partial charge in [0.2, 0.25) is 5.78 Å². The monoisotopic (exact) mass is 475 g/mol. The Morgan fingerprint density at radius 2 is 1.97 bits per heavy atom. The lowest BCUT2D eigenvalue weighted by Crippen LogP contribution is -2.39. The summed E-state index contributed by atoms with van der Waals surface area (Å²) >= 11 is 1.10. The summed E-state index contributed by atoms with van der Waals surface area (Å²) in [6.07, 6.45) is -1.90. The molecule has 0 fully saturated rings. The predicted molar refractivity (Wildman–Crippen MR) is 116 cm³/mol. The number of rotatable bonds is 5. The van der Waals surface area contributed by atoms with Gasteiger partial charge in [-0.05, 0) is 24.6 Å². The molecule has 4 rings (SSSR count). The van der Waals surface area contributed by atoms with E-state index in [1.54, 1.807) is 11.4 Å². The van der Waals surface area contributed by atoms with Crippen molar-refractivity contribution >= 4 is 27.2 Å². The van der Waals surface area contributed by atoms with Gasteiger partial charge >= 0.3 is 6.18 Å². The van der Waals surface area contributed by atoms with Gasteiger partial charge in [-0.2, -0.15) is 18.3 Å². The van der Waals surface area contributed by atoms with Crippen molar-refractivity contribution in [2.24, 2.45) is 0 Å². The second kappa shape index (κ2) is 8.09. The van der Waals surface area contributed by atoms with E-state index >= 15 is 0 Å². The molecule has 0 radical (unpaired) electrons. The lowest BCUT2D eigenvalue weighted by molar-refractivity contribution is -0.258. The summed E-state index contributed by atoms with van der Waals surface area (Å²) in [6.45, 7) is 0.612. The SMILES string of the molecule is COc1cncc(-c2csc3c(C(=O)c4cccc(C(C)(O)C(F)(F)F)c4)n[nH]c(=O)c23)c1. The van der Waals surface area contributed by atoms with E-state index in [0.29, 0.717) is 23.8 Å². The summed E-state index contributed by atoms with van der Waals surface area (Å²) < 4.78 is 45.2. The number of hydrogen-bond donors (Lipinski definition) is 2. The molecular formula is C22H16F3N3O4S. The Morgan fingerprint density at radius 1 is 1.21 bits per heavy atom. The van der Waals surface area contributed by atoms with Gasteiger partial charge < -0.3 is 9.84 Å². The number of carbonyl (C=O) groups excluding carboxylic acids is 1. The number of H-pyrrole nitrogens is 1. The Balaban J connectivity index is 1.83. The number of benzene rings is 1. The second-order valence-corrected chi connectivity index (χ2v) is 8.23. The number of nitrogens with one attached hydrogen (secondary N) is 1. The van der Waals surface area contributed by atoms with E-state index in [1.165, 1.54) is 31.6 Å². The number of aromatic amines is 1. The van der Waals surface area contributed by atoms with Crippen molar-refractivity contribution in [2.75, 3.05) is 7.11 Å². The smallest absolute Gasteiger partial charge is 0.421 e. The van der Waals surface area contributed by atoms with Crippen LogP contribution in [0.5, 0.6) is 5.75 Å². The Bertz CT molecular complexity index is 1430. The maximum atomic E-state index is 13.2. The second-order valence-electron chi connectivity index (χ2n) is 7.35. The molecule has 2 N–H and O–H groups in total. The summed E-state index contributed by atoms with van der Waals surface area (Å²) in [4.78, 5) is 29.8. The number of fused-ring (bicyclic) bond motifs is 1. The van der Waals surface area contributed by atoms with Gasteiger partial charge in [-0.3, -0.25) is 14.6 Å². The van der Waals surface area contributed by atoms with Crippen LogP contribution in [0.1, 0.15) is 28.5 Å². The average Bonchev–Trinajstić information content (AvgIpc) is 3.24. The van der Waals surface area contributed by atoms with Crippen LogP contribution in [0.15, 0.2) is 52.9 Å². The third kappa shape index (κ3) is 3.89. The summed E-state index contributed by atoms with van der Waals surface area (Å²) in [6, 6.07) is 6.29. The van der Waals surface area contributed by atoms with Crippen molar-refractivity contribution in [1.29, 1.82) is 0 Å². The van der Waals surface area contributed by atoms with Crippen molar-refractivity contribution in [2.45, 2.75) is 18.7 Å². The van der Waals surface area contributed by atoms with Crippen molar-refractivity contribution in [3.05, 3.63) is 75.3 Å². The van der Waals surface area contributed by atoms with Gasteiger partial charge in [0.15, 0.2) is 5.60 Å². The van der Waals surface area contributed by atoms with Crippen LogP contribution in [0.4, 0.5) is 13.2 Å². The minimum absolute atomic E-state index is 0.115. The quantitative estimate of drug-likeness (QED) is 0.422. The Morgan fingerprint density at radius 3 is 2.67 bits per heavy atom. The van der Waals surface area contributed by atoms with Gasteiger partial charge in [0.05, 0.1) is 23.4 Å². The van der Waals surface area contributed by atoms with Crippen molar-refractivity contribution in [1.82, 2.24) is 15.2 Å². The molecule has 11 heteroatoms. The Kier molecular flexibility index (Phi) is 5.54. The fourth-order valence-electron chi connectivity index (χ4n) is 3.28. The van der Waals surface area contributed by atoms with E-state index in [0.717, 1.165) is 23.5 Å². The van der Waals surface area contributed by atoms with Gasteiger partial charge in [-0.15, -0.1) is 11.3 Å². The lowest BCUT2D eigenvalue weighted by atomic mass is 9.92. The van der Waals surface area contributed by atoms with Crippen LogP contribution in [-0.2, 0) is 5.60 Å². The van der Waals surface area contributed by atoms with Crippen LogP contribution in [0.3, 0.4) is 0 Å². The first-order valence-electron chi connectivity index (χ1n) is 9.48. The zero-order valence-corrected chi connectivity index (χ0v) is 18.0. The number of hydrogen-bond acceptors (Lipinski definition) is 7. The van der Waals surface area contributed by atoms with Crippen LogP contribution in [-0.4, -0.2) is 39.4 Å². The van der Waals surface area contributed by atoms with Crippen LogP contribution < -0.4 is 10.3 Å². The number of methoxy groups -OCH3 is 1. The molecule has 7 nitrogen and oxygen atoms in total. The number of pyridine rings is 1. The highest BCUT2D eigenvalue weighted by molar-refractivity contribution is 7.18. The zero-order chi connectivity index (χ0) is 24.0. The fraction of sp³-hybridized carbons (Fsp3) is 0.182. The Hall–Kier alpha value is -3.57. The van der Waals surface area contributed by atoms with Crippen molar-refractivity contribution in [3.63, 3.8) is 0 Å². The number of nitrogens with zero attached hydrogens (tertiary/aromatic N) is 2. The van der Waals surface area contributed by atoms with Crippen molar-refractivity contribution < 1.29 is 27.8 Å². The maximum Gasteiger partial charge on any atom is 0.421 e. The number of ketones is 1. The molecule has 0 aliphatic carbocycles. The average molecular weight is 475 g/mol. The minimum Gasteiger partial charge on any atom is -0.495 e. The number of ether oxygens (including phenoxy) is 1. The van der Waals surface area contributed by atoms with Crippen LogP contribution in [0.25, 0.3) is 21.2 Å². The number of thiophene rings is 1. The van der Waals surface area contributed by atoms with Gasteiger partial charge in [0.1, 0.15) is 11.4 Å². The topological polar surface area (TPSA) is 105 Å². The highest BCUT2D eigenvalue weighted by Gasteiger charge is 2.51. The molecule has 0 saturated heterocycles. The highest BCUT2D eigenvalue weighted by atomic mass is 32.1. The van der Waals surface area contributed by atoms with Gasteiger partial charge in [0.25, 0.3) is 5.56 Å². The summed E-state index contributed by atoms with van der Waals surface area (Å²) in [5, 5.41) is 18.0. The standard InChI is InChI=1S/C22H16F3N3O4S/c1-21(31,22(23,24)25)13-5-3-4-11(6-13)18(29)17-19-16(20(30)28-27-17)15(10-33-19)12-7-14(32-2)9-26-8-12/h3-10,31H,1-2H3,(H,28,30). The molecule has 0 saturated carbocycles. The van der Waals surface area contributed by atoms with E-state index in [2.05, 4.69) is 15.2 Å². The number of halogens is 3. The summed E-state index contributed by atoms with van der Waals surface area (Å²) in [5.41, 5.74) is -3.32. The molecule has 1 aromatic carbocycles. The van der Waals surface area contributed by atoms with E-state index in [-0.39, 0.29) is 21.3 Å². The lowest BCUT2D eigenvalue weighted by Gasteiger charge is -2.26. The zero-order valence-electron chi connectivity index (χ0n) is 17.2. The van der Waals surface area contributed by atoms with Crippen LogP contribution in [0.2, 0.25) is 0 Å². The number of alkyl halides is 3. The van der Waals surface area contributed by atoms with E-state index in [9.17, 15) is 27.9 Å². The van der Waals surface area contributed by atoms with Crippen molar-refractivity contribution in [3.8, 4) is 16.9 Å². The molecule has 0 aliphatic heterocycles. The third-order valence-corrected chi connectivity index (χ3v) is 6.20. The Labute approximate surface area is 188 Å². The molecule has 3 heterocycles. The molecule has 0 bridgehead atoms. The van der Waals surface area contributed by atoms with Gasteiger partial charge in [-0.1, -0.05) is 18.2 Å². The molecule has 0 aliphatic rings. The third-order valence-electron chi connectivity index (χ3n) is 5.22. The highest BCUT2D eigenvalue weighted by Crippen LogP contribution is 2.39. The van der Waals surface area contributed by atoms with Crippen LogP contribution >= 0.6 is 11.3 Å². The molecule has 170 valence electrons. The molecule has 1 unspecified atom stereocenters. The van der Waals surface area contributed by atoms with Gasteiger partial charge in [-0.25, -0.2) is 5.10 Å². The largest absolute Gasteiger partial charge is 0.495 e. The number of carbonyl (C=O) groups is 1. The molecule has 3 aromatic heterocycles. The molecule has 33 heavy (non-hydrogen) atoms. The van der Waals surface area contributed by atoms with Crippen LogP contribution in [0, 0.1) is 0 Å². The minimum atomic E-state index is -4.94. The first-order valence-corrected chi connectivity index (χ1v) is 10.4. The summed E-state index contributed by atoms with van der Waals surface area (Å²) in [5.74, 6) is -0.226.